The van der Waals surface area contributed by atoms with Gasteiger partial charge in [0, 0.05) is 11.3 Å². The van der Waals surface area contributed by atoms with E-state index in [0.29, 0.717) is 11.3 Å². The molecule has 0 bridgehead atoms. The van der Waals surface area contributed by atoms with Crippen LogP contribution in [0.25, 0.3) is 0 Å². The van der Waals surface area contributed by atoms with Crippen molar-refractivity contribution < 1.29 is 22.7 Å². The van der Waals surface area contributed by atoms with Gasteiger partial charge < -0.3 is 4.74 Å². The summed E-state index contributed by atoms with van der Waals surface area (Å²) in [6, 6.07) is 6.04. The maximum absolute atomic E-state index is 11.7. The van der Waals surface area contributed by atoms with E-state index in [2.05, 4.69) is 9.46 Å². The third-order valence-electron chi connectivity index (χ3n) is 2.37. The van der Waals surface area contributed by atoms with Crippen molar-refractivity contribution in [3.63, 3.8) is 0 Å². The number of ether oxygens (including phenoxy) is 1. The molecule has 6 nitrogen and oxygen atoms in total. The van der Waals surface area contributed by atoms with Gasteiger partial charge in [-0.15, -0.1) is 0 Å². The molecule has 0 heterocycles. The second kappa shape index (κ2) is 6.33. The van der Waals surface area contributed by atoms with Gasteiger partial charge in [-0.2, -0.15) is 0 Å². The molecule has 104 valence electrons. The molecule has 0 aliphatic rings. The first kappa shape index (κ1) is 15.2. The second-order valence-corrected chi connectivity index (χ2v) is 5.72. The van der Waals surface area contributed by atoms with Crippen molar-refractivity contribution in [3.05, 3.63) is 29.8 Å². The van der Waals surface area contributed by atoms with Crippen LogP contribution in [0.5, 0.6) is 0 Å². The highest BCUT2D eigenvalue weighted by molar-refractivity contribution is 7.92. The fourth-order valence-corrected chi connectivity index (χ4v) is 2.36. The Kier molecular flexibility index (Phi) is 5.05. The summed E-state index contributed by atoms with van der Waals surface area (Å²) >= 11 is 0. The van der Waals surface area contributed by atoms with E-state index in [-0.39, 0.29) is 18.0 Å². The average Bonchev–Trinajstić information content (AvgIpc) is 2.36. The van der Waals surface area contributed by atoms with Gasteiger partial charge in [-0.05, 0) is 31.2 Å². The minimum atomic E-state index is -3.61. The molecule has 1 N–H and O–H groups in total. The molecule has 0 saturated heterocycles. The molecule has 0 saturated carbocycles. The van der Waals surface area contributed by atoms with Crippen LogP contribution in [-0.2, 0) is 19.6 Å². The molecule has 1 aromatic carbocycles. The number of nitrogens with one attached hydrogen (secondary N) is 1. The van der Waals surface area contributed by atoms with Crippen LogP contribution in [0.1, 0.15) is 23.7 Å². The number of rotatable bonds is 6. The maximum atomic E-state index is 11.7. The number of methoxy groups -OCH3 is 1. The molecule has 0 aliphatic heterocycles. The number of hydrogen-bond donors (Lipinski definition) is 1. The van der Waals surface area contributed by atoms with Gasteiger partial charge >= 0.3 is 5.97 Å². The molecule has 0 spiro atoms. The van der Waals surface area contributed by atoms with Crippen molar-refractivity contribution in [2.75, 3.05) is 17.6 Å². The summed E-state index contributed by atoms with van der Waals surface area (Å²) in [7, 11) is -2.41. The van der Waals surface area contributed by atoms with Crippen LogP contribution in [0.2, 0.25) is 0 Å². The highest BCUT2D eigenvalue weighted by Gasteiger charge is 2.13. The molecule has 0 radical (unpaired) electrons. The number of carbonyl (C=O) groups is 2. The Morgan fingerprint density at radius 2 is 1.79 bits per heavy atom. The molecule has 0 aromatic heterocycles. The van der Waals surface area contributed by atoms with Gasteiger partial charge in [0.15, 0.2) is 5.78 Å². The molecule has 0 aliphatic carbocycles. The largest absolute Gasteiger partial charge is 0.469 e. The maximum Gasteiger partial charge on any atom is 0.306 e. The number of hydrogen-bond acceptors (Lipinski definition) is 5. The van der Waals surface area contributed by atoms with Gasteiger partial charge in [0.25, 0.3) is 0 Å². The van der Waals surface area contributed by atoms with Gasteiger partial charge in [0.05, 0.1) is 19.3 Å². The van der Waals surface area contributed by atoms with Gasteiger partial charge in [0.2, 0.25) is 10.0 Å². The van der Waals surface area contributed by atoms with E-state index in [1.54, 1.807) is 0 Å². The summed E-state index contributed by atoms with van der Waals surface area (Å²) in [5.41, 5.74) is 0.840. The number of ketones is 1. The predicted octanol–water partition coefficient (Wildman–Crippen LogP) is 1.19. The van der Waals surface area contributed by atoms with Crippen molar-refractivity contribution in [1.82, 2.24) is 0 Å². The Labute approximate surface area is 111 Å². The number of carbonyl (C=O) groups excluding carboxylic acids is 2. The molecular weight excluding hydrogens is 270 g/mol. The van der Waals surface area contributed by atoms with Gasteiger partial charge in [0.1, 0.15) is 0 Å². The van der Waals surface area contributed by atoms with E-state index in [1.165, 1.54) is 38.3 Å². The Hall–Kier alpha value is -1.89. The summed E-state index contributed by atoms with van der Waals surface area (Å²) in [5, 5.41) is 0. The van der Waals surface area contributed by atoms with Crippen LogP contribution in [0.15, 0.2) is 24.3 Å². The summed E-state index contributed by atoms with van der Waals surface area (Å²) < 4.78 is 30.0. The van der Waals surface area contributed by atoms with Crippen LogP contribution in [0.4, 0.5) is 5.69 Å². The smallest absolute Gasteiger partial charge is 0.306 e. The molecule has 0 atom stereocenters. The number of esters is 1. The first-order valence-corrected chi connectivity index (χ1v) is 7.17. The highest BCUT2D eigenvalue weighted by Crippen LogP contribution is 2.12. The van der Waals surface area contributed by atoms with E-state index in [1.807, 2.05) is 0 Å². The quantitative estimate of drug-likeness (QED) is 0.626. The number of Topliss-reactive ketones (excluding diaryl/α,β-unsaturated/α-hetero) is 1. The minimum absolute atomic E-state index is 0.0971. The van der Waals surface area contributed by atoms with Crippen molar-refractivity contribution >= 4 is 27.5 Å². The Morgan fingerprint density at radius 1 is 1.21 bits per heavy atom. The number of anilines is 1. The minimum Gasteiger partial charge on any atom is -0.469 e. The molecule has 19 heavy (non-hydrogen) atoms. The van der Waals surface area contributed by atoms with Crippen LogP contribution in [-0.4, -0.2) is 33.0 Å². The standard InChI is InChI=1S/C12H15NO5S/c1-9(14)10-3-5-11(6-4-10)13-19(16,17)8-7-12(15)18-2/h3-6,13H,7-8H2,1-2H3. The fourth-order valence-electron chi connectivity index (χ4n) is 1.32. The third-order valence-corrected chi connectivity index (χ3v) is 3.66. The van der Waals surface area contributed by atoms with Gasteiger partial charge in [-0.3, -0.25) is 14.3 Å². The lowest BCUT2D eigenvalue weighted by Crippen LogP contribution is -2.19. The lowest BCUT2D eigenvalue weighted by atomic mass is 10.1. The van der Waals surface area contributed by atoms with Crippen LogP contribution in [0.3, 0.4) is 0 Å². The van der Waals surface area contributed by atoms with Crippen molar-refractivity contribution in [2.24, 2.45) is 0 Å². The number of benzene rings is 1. The zero-order valence-electron chi connectivity index (χ0n) is 10.7. The van der Waals surface area contributed by atoms with Crippen molar-refractivity contribution in [3.8, 4) is 0 Å². The zero-order chi connectivity index (χ0) is 14.5. The fraction of sp³-hybridized carbons (Fsp3) is 0.333. The van der Waals surface area contributed by atoms with E-state index < -0.39 is 16.0 Å². The molecule has 0 unspecified atom stereocenters. The van der Waals surface area contributed by atoms with E-state index >= 15 is 0 Å². The first-order chi connectivity index (χ1) is 8.84. The molecule has 7 heteroatoms. The second-order valence-electron chi connectivity index (χ2n) is 3.88. The lowest BCUT2D eigenvalue weighted by Gasteiger charge is -2.07. The molecule has 0 fully saturated rings. The zero-order valence-corrected chi connectivity index (χ0v) is 11.5. The summed E-state index contributed by atoms with van der Waals surface area (Å²) in [6.45, 7) is 1.43. The van der Waals surface area contributed by atoms with E-state index in [4.69, 9.17) is 0 Å². The van der Waals surface area contributed by atoms with E-state index in [0.717, 1.165) is 0 Å². The SMILES string of the molecule is COC(=O)CCS(=O)(=O)Nc1ccc(C(C)=O)cc1. The van der Waals surface area contributed by atoms with Crippen LogP contribution in [0, 0.1) is 0 Å². The average molecular weight is 285 g/mol. The van der Waals surface area contributed by atoms with E-state index in [9.17, 15) is 18.0 Å². The molecular formula is C12H15NO5S. The number of sulfonamides is 1. The first-order valence-electron chi connectivity index (χ1n) is 5.52. The highest BCUT2D eigenvalue weighted by atomic mass is 32.2. The normalized spacial score (nSPS) is 10.8. The predicted molar refractivity (Wildman–Crippen MR) is 70.5 cm³/mol. The van der Waals surface area contributed by atoms with Crippen molar-refractivity contribution in [1.29, 1.82) is 0 Å². The van der Waals surface area contributed by atoms with Crippen LogP contribution >= 0.6 is 0 Å². The Morgan fingerprint density at radius 3 is 2.26 bits per heavy atom. The lowest BCUT2D eigenvalue weighted by molar-refractivity contribution is -0.140. The third kappa shape index (κ3) is 5.09. The van der Waals surface area contributed by atoms with Gasteiger partial charge in [-0.25, -0.2) is 8.42 Å². The Balaban J connectivity index is 2.67. The molecule has 1 rings (SSSR count). The summed E-state index contributed by atoms with van der Waals surface area (Å²) in [4.78, 5) is 21.9. The summed E-state index contributed by atoms with van der Waals surface area (Å²) in [6.07, 6.45) is -0.211. The van der Waals surface area contributed by atoms with Crippen LogP contribution < -0.4 is 4.72 Å². The molecule has 1 aromatic rings. The summed E-state index contributed by atoms with van der Waals surface area (Å²) in [5.74, 6) is -1.04. The topological polar surface area (TPSA) is 89.5 Å². The molecule has 0 amide bonds. The van der Waals surface area contributed by atoms with Gasteiger partial charge in [-0.1, -0.05) is 0 Å². The van der Waals surface area contributed by atoms with Crippen molar-refractivity contribution in [2.45, 2.75) is 13.3 Å². The monoisotopic (exact) mass is 285 g/mol. The Bertz CT molecular complexity index is 562.